The molecule has 0 radical (unpaired) electrons. The highest BCUT2D eigenvalue weighted by Crippen LogP contribution is 2.19. The van der Waals surface area contributed by atoms with Crippen molar-refractivity contribution in [2.75, 3.05) is 36.9 Å². The van der Waals surface area contributed by atoms with Gasteiger partial charge in [-0.25, -0.2) is 8.42 Å². The van der Waals surface area contributed by atoms with Crippen LogP contribution in [-0.4, -0.2) is 46.9 Å². The largest absolute Gasteiger partial charge is 0.382 e. The van der Waals surface area contributed by atoms with Crippen LogP contribution in [-0.2, 0) is 19.6 Å². The van der Waals surface area contributed by atoms with E-state index < -0.39 is 10.0 Å². The van der Waals surface area contributed by atoms with E-state index in [4.69, 9.17) is 4.74 Å². The van der Waals surface area contributed by atoms with Crippen molar-refractivity contribution in [3.8, 4) is 0 Å². The predicted molar refractivity (Wildman–Crippen MR) is 96.7 cm³/mol. The number of benzene rings is 1. The summed E-state index contributed by atoms with van der Waals surface area (Å²) in [7, 11) is -3.37. The maximum atomic E-state index is 12.0. The van der Waals surface area contributed by atoms with Crippen molar-refractivity contribution in [3.05, 3.63) is 29.8 Å². The molecule has 0 saturated carbocycles. The molecule has 0 unspecified atom stereocenters. The van der Waals surface area contributed by atoms with E-state index in [1.54, 1.807) is 6.07 Å². The van der Waals surface area contributed by atoms with Crippen LogP contribution in [0, 0.1) is 6.92 Å². The molecule has 0 aliphatic heterocycles. The molecule has 7 heteroatoms. The minimum Gasteiger partial charge on any atom is -0.382 e. The molecule has 0 bridgehead atoms. The molecule has 24 heavy (non-hydrogen) atoms. The fourth-order valence-corrected chi connectivity index (χ4v) is 3.24. The van der Waals surface area contributed by atoms with Gasteiger partial charge in [0, 0.05) is 32.7 Å². The summed E-state index contributed by atoms with van der Waals surface area (Å²) in [5.41, 5.74) is 1.63. The number of sulfonamides is 1. The summed E-state index contributed by atoms with van der Waals surface area (Å²) < 4.78 is 30.6. The molecule has 0 spiro atoms. The Morgan fingerprint density at radius 2 is 2.04 bits per heavy atom. The van der Waals surface area contributed by atoms with Crippen molar-refractivity contribution < 1.29 is 17.9 Å². The van der Waals surface area contributed by atoms with Crippen molar-refractivity contribution in [1.82, 2.24) is 5.32 Å². The van der Waals surface area contributed by atoms with Gasteiger partial charge in [0.15, 0.2) is 0 Å². The smallest absolute Gasteiger partial charge is 0.232 e. The van der Waals surface area contributed by atoms with E-state index in [0.717, 1.165) is 12.0 Å². The molecule has 0 fully saturated rings. The Labute approximate surface area is 145 Å². The number of amides is 1. The Balaban J connectivity index is 2.45. The molecular formula is C17H28N2O4S. The van der Waals surface area contributed by atoms with Crippen LogP contribution in [0.3, 0.4) is 0 Å². The Morgan fingerprint density at radius 1 is 1.29 bits per heavy atom. The van der Waals surface area contributed by atoms with Gasteiger partial charge in [-0.05, 0) is 44.4 Å². The lowest BCUT2D eigenvalue weighted by Crippen LogP contribution is -2.32. The van der Waals surface area contributed by atoms with Crippen LogP contribution in [0.2, 0.25) is 0 Å². The van der Waals surface area contributed by atoms with E-state index in [0.29, 0.717) is 38.3 Å². The second-order valence-corrected chi connectivity index (χ2v) is 7.58. The first-order valence-corrected chi connectivity index (χ1v) is 10.1. The summed E-state index contributed by atoms with van der Waals surface area (Å²) in [6, 6.07) is 7.34. The number of nitrogens with one attached hydrogen (secondary N) is 1. The quantitative estimate of drug-likeness (QED) is 0.616. The van der Waals surface area contributed by atoms with E-state index in [2.05, 4.69) is 5.32 Å². The summed E-state index contributed by atoms with van der Waals surface area (Å²) >= 11 is 0. The molecule has 0 aliphatic carbocycles. The van der Waals surface area contributed by atoms with E-state index >= 15 is 0 Å². The normalized spacial score (nSPS) is 11.3. The Hall–Kier alpha value is -1.60. The topological polar surface area (TPSA) is 75.7 Å². The molecule has 136 valence electrons. The first-order chi connectivity index (χ1) is 11.3. The number of rotatable bonds is 11. The molecule has 6 nitrogen and oxygen atoms in total. The average molecular weight is 356 g/mol. The van der Waals surface area contributed by atoms with Gasteiger partial charge >= 0.3 is 0 Å². The molecule has 0 atom stereocenters. The van der Waals surface area contributed by atoms with Crippen LogP contribution < -0.4 is 9.62 Å². The summed E-state index contributed by atoms with van der Waals surface area (Å²) in [6.07, 6.45) is 2.73. The number of carbonyl (C=O) groups is 1. The molecule has 1 aromatic rings. The number of aryl methyl sites for hydroxylation is 1. The molecular weight excluding hydrogens is 328 g/mol. The highest BCUT2D eigenvalue weighted by Gasteiger charge is 2.17. The van der Waals surface area contributed by atoms with Crippen molar-refractivity contribution in [2.45, 2.75) is 33.1 Å². The maximum Gasteiger partial charge on any atom is 0.232 e. The maximum absolute atomic E-state index is 12.0. The highest BCUT2D eigenvalue weighted by atomic mass is 32.2. The third-order valence-corrected chi connectivity index (χ3v) is 4.64. The van der Waals surface area contributed by atoms with E-state index in [1.165, 1.54) is 10.6 Å². The molecule has 1 aromatic carbocycles. The predicted octanol–water partition coefficient (Wildman–Crippen LogP) is 2.08. The Morgan fingerprint density at radius 3 is 2.67 bits per heavy atom. The van der Waals surface area contributed by atoms with Gasteiger partial charge in [0.05, 0.1) is 11.9 Å². The van der Waals surface area contributed by atoms with Crippen molar-refractivity contribution in [3.63, 3.8) is 0 Å². The lowest BCUT2D eigenvalue weighted by atomic mass is 10.2. The van der Waals surface area contributed by atoms with E-state index in [-0.39, 0.29) is 12.5 Å². The standard InChI is InChI=1S/C17H28N2O4S/c1-4-23-13-7-11-18-17(20)10-6-12-19(24(3,21)22)16-9-5-8-15(2)14-16/h5,8-9,14H,4,6-7,10-13H2,1-3H3,(H,18,20). The number of hydrogen-bond donors (Lipinski definition) is 1. The zero-order valence-corrected chi connectivity index (χ0v) is 15.6. The molecule has 0 saturated heterocycles. The second kappa shape index (κ2) is 10.3. The third-order valence-electron chi connectivity index (χ3n) is 3.45. The Bertz CT molecular complexity index is 617. The monoisotopic (exact) mass is 356 g/mol. The summed E-state index contributed by atoms with van der Waals surface area (Å²) in [6.45, 7) is 6.02. The second-order valence-electron chi connectivity index (χ2n) is 5.68. The first kappa shape index (κ1) is 20.4. The van der Waals surface area contributed by atoms with Crippen LogP contribution >= 0.6 is 0 Å². The van der Waals surface area contributed by atoms with Gasteiger partial charge in [-0.3, -0.25) is 9.10 Å². The minimum absolute atomic E-state index is 0.0656. The van der Waals surface area contributed by atoms with Gasteiger partial charge in [0.2, 0.25) is 15.9 Å². The average Bonchev–Trinajstić information content (AvgIpc) is 2.50. The first-order valence-electron chi connectivity index (χ1n) is 8.23. The van der Waals surface area contributed by atoms with Crippen molar-refractivity contribution in [2.24, 2.45) is 0 Å². The SMILES string of the molecule is CCOCCCNC(=O)CCCN(c1cccc(C)c1)S(C)(=O)=O. The van der Waals surface area contributed by atoms with Gasteiger partial charge in [-0.1, -0.05) is 12.1 Å². The summed E-state index contributed by atoms with van der Waals surface area (Å²) in [4.78, 5) is 11.8. The highest BCUT2D eigenvalue weighted by molar-refractivity contribution is 7.92. The molecule has 1 amide bonds. The lowest BCUT2D eigenvalue weighted by molar-refractivity contribution is -0.121. The third kappa shape index (κ3) is 7.79. The number of hydrogen-bond acceptors (Lipinski definition) is 4. The van der Waals surface area contributed by atoms with Gasteiger partial charge < -0.3 is 10.1 Å². The summed E-state index contributed by atoms with van der Waals surface area (Å²) in [5, 5.41) is 2.82. The molecule has 1 N–H and O–H groups in total. The fourth-order valence-electron chi connectivity index (χ4n) is 2.29. The van der Waals surface area contributed by atoms with Gasteiger partial charge in [0.25, 0.3) is 0 Å². The molecule has 1 rings (SSSR count). The van der Waals surface area contributed by atoms with Crippen LogP contribution in [0.15, 0.2) is 24.3 Å². The number of carbonyl (C=O) groups excluding carboxylic acids is 1. The number of nitrogens with zero attached hydrogens (tertiary/aromatic N) is 1. The van der Waals surface area contributed by atoms with E-state index in [9.17, 15) is 13.2 Å². The van der Waals surface area contributed by atoms with Gasteiger partial charge in [-0.2, -0.15) is 0 Å². The fraction of sp³-hybridized carbons (Fsp3) is 0.588. The zero-order valence-electron chi connectivity index (χ0n) is 14.7. The van der Waals surface area contributed by atoms with Crippen LogP contribution in [0.1, 0.15) is 31.7 Å². The molecule has 0 aromatic heterocycles. The van der Waals surface area contributed by atoms with Crippen molar-refractivity contribution in [1.29, 1.82) is 0 Å². The lowest BCUT2D eigenvalue weighted by Gasteiger charge is -2.22. The minimum atomic E-state index is -3.37. The molecule has 0 aliphatic rings. The zero-order chi connectivity index (χ0) is 18.0. The van der Waals surface area contributed by atoms with Crippen molar-refractivity contribution >= 4 is 21.6 Å². The van der Waals surface area contributed by atoms with E-state index in [1.807, 2.05) is 32.0 Å². The summed E-state index contributed by atoms with van der Waals surface area (Å²) in [5.74, 6) is -0.0656. The van der Waals surface area contributed by atoms with Crippen LogP contribution in [0.5, 0.6) is 0 Å². The Kier molecular flexibility index (Phi) is 8.78. The van der Waals surface area contributed by atoms with Gasteiger partial charge in [0.1, 0.15) is 0 Å². The van der Waals surface area contributed by atoms with Gasteiger partial charge in [-0.15, -0.1) is 0 Å². The van der Waals surface area contributed by atoms with Crippen LogP contribution in [0.4, 0.5) is 5.69 Å². The molecule has 0 heterocycles. The van der Waals surface area contributed by atoms with Crippen LogP contribution in [0.25, 0.3) is 0 Å². The number of ether oxygens (including phenoxy) is 1. The number of anilines is 1.